The molecule has 0 bridgehead atoms. The average Bonchev–Trinajstić information content (AvgIpc) is 2.80. The summed E-state index contributed by atoms with van der Waals surface area (Å²) in [5.41, 5.74) is -0.0622. The van der Waals surface area contributed by atoms with E-state index in [0.717, 1.165) is 19.5 Å². The summed E-state index contributed by atoms with van der Waals surface area (Å²) in [6.45, 7) is 8.66. The highest BCUT2D eigenvalue weighted by Gasteiger charge is 2.28. The molecule has 1 aromatic heterocycles. The monoisotopic (exact) mass is 225 g/mol. The standard InChI is InChI=1S/C11H19N3O2/c1-4-11(2,3)10-13-9(14-16-10)8-7-12-5-6-15-8/h8,12H,4-7H2,1-3H3. The normalized spacial score (nSPS) is 22.3. The van der Waals surface area contributed by atoms with E-state index >= 15 is 0 Å². The fourth-order valence-electron chi connectivity index (χ4n) is 1.52. The van der Waals surface area contributed by atoms with Crippen LogP contribution in [0.25, 0.3) is 0 Å². The second-order valence-electron chi connectivity index (χ2n) is 4.76. The molecule has 2 rings (SSSR count). The summed E-state index contributed by atoms with van der Waals surface area (Å²) in [6.07, 6.45) is 0.900. The molecule has 1 atom stereocenters. The third kappa shape index (κ3) is 2.25. The SMILES string of the molecule is CCC(C)(C)c1nc(C2CNCCO2)no1. The Morgan fingerprint density at radius 2 is 2.31 bits per heavy atom. The van der Waals surface area contributed by atoms with Gasteiger partial charge in [0.2, 0.25) is 11.7 Å². The van der Waals surface area contributed by atoms with Crippen LogP contribution in [0.1, 0.15) is 45.0 Å². The molecule has 1 unspecified atom stereocenters. The van der Waals surface area contributed by atoms with Crippen LogP contribution in [0.4, 0.5) is 0 Å². The number of hydrogen-bond donors (Lipinski definition) is 1. The van der Waals surface area contributed by atoms with Crippen LogP contribution in [-0.4, -0.2) is 29.8 Å². The van der Waals surface area contributed by atoms with Crippen LogP contribution in [-0.2, 0) is 10.2 Å². The Hall–Kier alpha value is -0.940. The first kappa shape index (κ1) is 11.5. The molecular formula is C11H19N3O2. The van der Waals surface area contributed by atoms with Crippen molar-refractivity contribution in [1.82, 2.24) is 15.5 Å². The molecule has 0 radical (unpaired) electrons. The zero-order valence-corrected chi connectivity index (χ0v) is 10.1. The molecule has 1 aliphatic rings. The van der Waals surface area contributed by atoms with Crippen LogP contribution in [0.15, 0.2) is 4.52 Å². The Kier molecular flexibility index (Phi) is 3.25. The molecule has 0 aliphatic carbocycles. The predicted molar refractivity (Wildman–Crippen MR) is 59.2 cm³/mol. The maximum atomic E-state index is 5.58. The zero-order valence-electron chi connectivity index (χ0n) is 10.1. The highest BCUT2D eigenvalue weighted by atomic mass is 16.5. The van der Waals surface area contributed by atoms with Crippen molar-refractivity contribution in [3.8, 4) is 0 Å². The van der Waals surface area contributed by atoms with Gasteiger partial charge in [0.15, 0.2) is 0 Å². The summed E-state index contributed by atoms with van der Waals surface area (Å²) in [6, 6.07) is 0. The fourth-order valence-corrected chi connectivity index (χ4v) is 1.52. The number of aromatic nitrogens is 2. The lowest BCUT2D eigenvalue weighted by Gasteiger charge is -2.20. The van der Waals surface area contributed by atoms with Crippen molar-refractivity contribution >= 4 is 0 Å². The number of rotatable bonds is 3. The molecule has 1 saturated heterocycles. The van der Waals surface area contributed by atoms with Gasteiger partial charge in [-0.2, -0.15) is 4.98 Å². The molecule has 0 saturated carbocycles. The molecule has 0 spiro atoms. The van der Waals surface area contributed by atoms with Crippen molar-refractivity contribution in [1.29, 1.82) is 0 Å². The van der Waals surface area contributed by atoms with Crippen molar-refractivity contribution in [3.05, 3.63) is 11.7 Å². The second kappa shape index (κ2) is 4.51. The van der Waals surface area contributed by atoms with Gasteiger partial charge in [0, 0.05) is 18.5 Å². The van der Waals surface area contributed by atoms with Crippen molar-refractivity contribution in [3.63, 3.8) is 0 Å². The molecule has 0 amide bonds. The van der Waals surface area contributed by atoms with Crippen LogP contribution < -0.4 is 5.32 Å². The molecule has 0 aromatic carbocycles. The Balaban J connectivity index is 2.12. The fraction of sp³-hybridized carbons (Fsp3) is 0.818. The van der Waals surface area contributed by atoms with Crippen LogP contribution in [0.3, 0.4) is 0 Å². The molecule has 1 fully saturated rings. The smallest absolute Gasteiger partial charge is 0.232 e. The first-order chi connectivity index (χ1) is 7.63. The summed E-state index contributed by atoms with van der Waals surface area (Å²) in [7, 11) is 0. The molecule has 1 N–H and O–H groups in total. The maximum absolute atomic E-state index is 5.58. The summed E-state index contributed by atoms with van der Waals surface area (Å²) < 4.78 is 10.9. The van der Waals surface area contributed by atoms with Crippen LogP contribution >= 0.6 is 0 Å². The van der Waals surface area contributed by atoms with Gasteiger partial charge in [-0.3, -0.25) is 0 Å². The van der Waals surface area contributed by atoms with Gasteiger partial charge < -0.3 is 14.6 Å². The van der Waals surface area contributed by atoms with E-state index in [9.17, 15) is 0 Å². The number of nitrogens with one attached hydrogen (secondary N) is 1. The lowest BCUT2D eigenvalue weighted by molar-refractivity contribution is 0.0208. The zero-order chi connectivity index (χ0) is 11.6. The van der Waals surface area contributed by atoms with Crippen molar-refractivity contribution in [2.24, 2.45) is 0 Å². The molecule has 2 heterocycles. The summed E-state index contributed by atoms with van der Waals surface area (Å²) in [5.74, 6) is 1.35. The van der Waals surface area contributed by atoms with Gasteiger partial charge in [0.05, 0.1) is 6.61 Å². The maximum Gasteiger partial charge on any atom is 0.232 e. The first-order valence-electron chi connectivity index (χ1n) is 5.80. The molecule has 1 aromatic rings. The van der Waals surface area contributed by atoms with Crippen molar-refractivity contribution < 1.29 is 9.26 Å². The summed E-state index contributed by atoms with van der Waals surface area (Å²) in [5, 5.41) is 7.25. The van der Waals surface area contributed by atoms with E-state index in [1.165, 1.54) is 0 Å². The molecule has 5 heteroatoms. The number of ether oxygens (including phenoxy) is 1. The van der Waals surface area contributed by atoms with E-state index in [2.05, 4.69) is 36.2 Å². The predicted octanol–water partition coefficient (Wildman–Crippen LogP) is 1.42. The third-order valence-corrected chi connectivity index (χ3v) is 3.12. The van der Waals surface area contributed by atoms with Gasteiger partial charge in [-0.1, -0.05) is 25.9 Å². The van der Waals surface area contributed by atoms with Crippen molar-refractivity contribution in [2.45, 2.75) is 38.7 Å². The Bertz CT molecular complexity index is 343. The van der Waals surface area contributed by atoms with E-state index in [-0.39, 0.29) is 11.5 Å². The van der Waals surface area contributed by atoms with Crippen LogP contribution in [0.2, 0.25) is 0 Å². The average molecular weight is 225 g/mol. The number of nitrogens with zero attached hydrogens (tertiary/aromatic N) is 2. The van der Waals surface area contributed by atoms with Crippen LogP contribution in [0.5, 0.6) is 0 Å². The van der Waals surface area contributed by atoms with Gasteiger partial charge in [0.25, 0.3) is 0 Å². The van der Waals surface area contributed by atoms with E-state index in [1.807, 2.05) is 0 Å². The minimum absolute atomic E-state index is 0.0622. The largest absolute Gasteiger partial charge is 0.367 e. The van der Waals surface area contributed by atoms with Gasteiger partial charge in [-0.25, -0.2) is 0 Å². The van der Waals surface area contributed by atoms with Gasteiger partial charge >= 0.3 is 0 Å². The van der Waals surface area contributed by atoms with Crippen molar-refractivity contribution in [2.75, 3.05) is 19.7 Å². The highest BCUT2D eigenvalue weighted by molar-refractivity contribution is 5.02. The van der Waals surface area contributed by atoms with E-state index in [4.69, 9.17) is 9.26 Å². The molecule has 1 aliphatic heterocycles. The summed E-state index contributed by atoms with van der Waals surface area (Å²) in [4.78, 5) is 4.43. The van der Waals surface area contributed by atoms with E-state index in [1.54, 1.807) is 0 Å². The third-order valence-electron chi connectivity index (χ3n) is 3.12. The summed E-state index contributed by atoms with van der Waals surface area (Å²) >= 11 is 0. The molecular weight excluding hydrogens is 206 g/mol. The lowest BCUT2D eigenvalue weighted by atomic mass is 9.90. The molecule has 90 valence electrons. The highest BCUT2D eigenvalue weighted by Crippen LogP contribution is 2.26. The number of hydrogen-bond acceptors (Lipinski definition) is 5. The van der Waals surface area contributed by atoms with Gasteiger partial charge in [-0.05, 0) is 6.42 Å². The van der Waals surface area contributed by atoms with Gasteiger partial charge in [-0.15, -0.1) is 0 Å². The lowest BCUT2D eigenvalue weighted by Crippen LogP contribution is -2.34. The Morgan fingerprint density at radius 3 is 2.94 bits per heavy atom. The molecule has 16 heavy (non-hydrogen) atoms. The quantitative estimate of drug-likeness (QED) is 0.843. The van der Waals surface area contributed by atoms with E-state index < -0.39 is 0 Å². The minimum Gasteiger partial charge on any atom is -0.367 e. The molecule has 5 nitrogen and oxygen atoms in total. The topological polar surface area (TPSA) is 60.2 Å². The van der Waals surface area contributed by atoms with Gasteiger partial charge in [0.1, 0.15) is 6.10 Å². The second-order valence-corrected chi connectivity index (χ2v) is 4.76. The minimum atomic E-state index is -0.0705. The Labute approximate surface area is 95.6 Å². The first-order valence-corrected chi connectivity index (χ1v) is 5.80. The number of morpholine rings is 1. The Morgan fingerprint density at radius 1 is 1.50 bits per heavy atom. The van der Waals surface area contributed by atoms with E-state index in [0.29, 0.717) is 18.3 Å². The van der Waals surface area contributed by atoms with Crippen LogP contribution in [0, 0.1) is 0 Å².